The van der Waals surface area contributed by atoms with Gasteiger partial charge in [-0.15, -0.1) is 0 Å². The van der Waals surface area contributed by atoms with Crippen molar-refractivity contribution in [3.8, 4) is 6.07 Å². The van der Waals surface area contributed by atoms with Crippen LogP contribution >= 0.6 is 15.9 Å². The summed E-state index contributed by atoms with van der Waals surface area (Å²) in [4.78, 5) is 0. The summed E-state index contributed by atoms with van der Waals surface area (Å²) in [6.45, 7) is 4.63. The summed E-state index contributed by atoms with van der Waals surface area (Å²) in [5, 5.41) is 11.8. The van der Waals surface area contributed by atoms with Crippen LogP contribution in [0.1, 0.15) is 12.5 Å². The molecule has 0 spiro atoms. The van der Waals surface area contributed by atoms with Gasteiger partial charge < -0.3 is 5.32 Å². The van der Waals surface area contributed by atoms with Gasteiger partial charge in [-0.3, -0.25) is 0 Å². The fourth-order valence-electron chi connectivity index (χ4n) is 1.02. The average Bonchev–Trinajstić information content (AvgIpc) is 2.19. The van der Waals surface area contributed by atoms with Crippen LogP contribution in [-0.2, 0) is 0 Å². The third-order valence-electron chi connectivity index (χ3n) is 2.00. The highest BCUT2D eigenvalue weighted by Gasteiger charge is 2.00. The molecule has 14 heavy (non-hydrogen) atoms. The largest absolute Gasteiger partial charge is 0.384 e. The lowest BCUT2D eigenvalue weighted by Gasteiger charge is -2.08. The monoisotopic (exact) mass is 252 g/mol. The Morgan fingerprint density at radius 3 is 2.86 bits per heavy atom. The number of rotatable bonds is 3. The molecule has 0 aliphatic heterocycles. The number of aryl methyl sites for hydroxylation is 1. The van der Waals surface area contributed by atoms with Crippen LogP contribution < -0.4 is 5.32 Å². The average molecular weight is 253 g/mol. The van der Waals surface area contributed by atoms with E-state index in [0.717, 1.165) is 10.2 Å². The molecule has 0 bridgehead atoms. The maximum Gasteiger partial charge on any atom is 0.0671 e. The smallest absolute Gasteiger partial charge is 0.0671 e. The van der Waals surface area contributed by atoms with Crippen LogP contribution in [0.25, 0.3) is 0 Å². The minimum absolute atomic E-state index is 0.0371. The van der Waals surface area contributed by atoms with Crippen molar-refractivity contribution in [2.45, 2.75) is 13.8 Å². The maximum absolute atomic E-state index is 8.61. The summed E-state index contributed by atoms with van der Waals surface area (Å²) in [6.07, 6.45) is 0. The Balaban J connectivity index is 2.61. The van der Waals surface area contributed by atoms with Gasteiger partial charge in [0, 0.05) is 16.7 Å². The van der Waals surface area contributed by atoms with Gasteiger partial charge in [0.2, 0.25) is 0 Å². The maximum atomic E-state index is 8.61. The SMILES string of the molecule is Cc1ccc(NCC(C)C#N)cc1Br. The van der Waals surface area contributed by atoms with Crippen LogP contribution in [-0.4, -0.2) is 6.54 Å². The van der Waals surface area contributed by atoms with Crippen molar-refractivity contribution in [3.05, 3.63) is 28.2 Å². The van der Waals surface area contributed by atoms with E-state index in [4.69, 9.17) is 5.26 Å². The zero-order chi connectivity index (χ0) is 10.6. The molecule has 1 unspecified atom stereocenters. The third-order valence-corrected chi connectivity index (χ3v) is 2.86. The quantitative estimate of drug-likeness (QED) is 0.896. The second-order valence-electron chi connectivity index (χ2n) is 3.38. The summed E-state index contributed by atoms with van der Waals surface area (Å²) >= 11 is 3.47. The number of halogens is 1. The third kappa shape index (κ3) is 3.04. The molecule has 0 aliphatic rings. The standard InChI is InChI=1S/C11H13BrN2/c1-8(6-13)7-14-10-4-3-9(2)11(12)5-10/h3-5,8,14H,7H2,1-2H3. The van der Waals surface area contributed by atoms with Crippen LogP contribution in [0.3, 0.4) is 0 Å². The lowest BCUT2D eigenvalue weighted by molar-refractivity contribution is 0.786. The number of nitrogens with zero attached hydrogens (tertiary/aromatic N) is 1. The van der Waals surface area contributed by atoms with E-state index in [1.54, 1.807) is 0 Å². The van der Waals surface area contributed by atoms with Crippen molar-refractivity contribution in [3.63, 3.8) is 0 Å². The van der Waals surface area contributed by atoms with E-state index < -0.39 is 0 Å². The van der Waals surface area contributed by atoms with Gasteiger partial charge in [-0.1, -0.05) is 22.0 Å². The Bertz CT molecular complexity index is 355. The first-order valence-electron chi connectivity index (χ1n) is 4.53. The fraction of sp³-hybridized carbons (Fsp3) is 0.364. The van der Waals surface area contributed by atoms with Crippen LogP contribution in [0.2, 0.25) is 0 Å². The molecular weight excluding hydrogens is 240 g/mol. The van der Waals surface area contributed by atoms with Crippen molar-refractivity contribution in [2.75, 3.05) is 11.9 Å². The molecule has 0 heterocycles. The molecule has 3 heteroatoms. The number of nitriles is 1. The molecule has 1 rings (SSSR count). The molecule has 1 N–H and O–H groups in total. The van der Waals surface area contributed by atoms with Crippen LogP contribution in [0.5, 0.6) is 0 Å². The lowest BCUT2D eigenvalue weighted by atomic mass is 10.2. The van der Waals surface area contributed by atoms with E-state index in [9.17, 15) is 0 Å². The van der Waals surface area contributed by atoms with Gasteiger partial charge in [-0.2, -0.15) is 5.26 Å². The minimum atomic E-state index is 0.0371. The van der Waals surface area contributed by atoms with E-state index >= 15 is 0 Å². The summed E-state index contributed by atoms with van der Waals surface area (Å²) in [7, 11) is 0. The summed E-state index contributed by atoms with van der Waals surface area (Å²) < 4.78 is 1.09. The highest BCUT2D eigenvalue weighted by Crippen LogP contribution is 2.20. The van der Waals surface area contributed by atoms with Gasteiger partial charge >= 0.3 is 0 Å². The van der Waals surface area contributed by atoms with E-state index in [1.807, 2.05) is 32.0 Å². The van der Waals surface area contributed by atoms with E-state index in [2.05, 4.69) is 27.3 Å². The number of hydrogen-bond donors (Lipinski definition) is 1. The molecule has 74 valence electrons. The van der Waals surface area contributed by atoms with E-state index in [-0.39, 0.29) is 5.92 Å². The molecular formula is C11H13BrN2. The van der Waals surface area contributed by atoms with Gasteiger partial charge in [-0.05, 0) is 31.5 Å². The zero-order valence-electron chi connectivity index (χ0n) is 8.34. The molecule has 0 saturated carbocycles. The van der Waals surface area contributed by atoms with Crippen molar-refractivity contribution < 1.29 is 0 Å². The molecule has 0 aliphatic carbocycles. The van der Waals surface area contributed by atoms with Crippen molar-refractivity contribution in [1.29, 1.82) is 5.26 Å². The number of hydrogen-bond acceptors (Lipinski definition) is 2. The Hall–Kier alpha value is -1.01. The summed E-state index contributed by atoms with van der Waals surface area (Å²) in [6, 6.07) is 8.28. The van der Waals surface area contributed by atoms with E-state index in [0.29, 0.717) is 6.54 Å². The van der Waals surface area contributed by atoms with Gasteiger partial charge in [0.25, 0.3) is 0 Å². The van der Waals surface area contributed by atoms with E-state index in [1.165, 1.54) is 5.56 Å². The topological polar surface area (TPSA) is 35.8 Å². The normalized spacial score (nSPS) is 11.9. The van der Waals surface area contributed by atoms with Crippen LogP contribution in [0.4, 0.5) is 5.69 Å². The molecule has 1 aromatic carbocycles. The Labute approximate surface area is 93.1 Å². The second kappa shape index (κ2) is 5.02. The van der Waals surface area contributed by atoms with Gasteiger partial charge in [0.15, 0.2) is 0 Å². The number of nitrogens with one attached hydrogen (secondary N) is 1. The van der Waals surface area contributed by atoms with Crippen molar-refractivity contribution >= 4 is 21.6 Å². The first-order valence-corrected chi connectivity index (χ1v) is 5.32. The van der Waals surface area contributed by atoms with Crippen molar-refractivity contribution in [1.82, 2.24) is 0 Å². The lowest BCUT2D eigenvalue weighted by Crippen LogP contribution is -2.09. The Morgan fingerprint density at radius 2 is 2.29 bits per heavy atom. The van der Waals surface area contributed by atoms with Crippen molar-refractivity contribution in [2.24, 2.45) is 5.92 Å². The molecule has 0 amide bonds. The zero-order valence-corrected chi connectivity index (χ0v) is 9.93. The first kappa shape index (κ1) is 11.1. The van der Waals surface area contributed by atoms with Gasteiger partial charge in [0.1, 0.15) is 0 Å². The second-order valence-corrected chi connectivity index (χ2v) is 4.23. The predicted octanol–water partition coefficient (Wildman–Crippen LogP) is 3.33. The molecule has 0 saturated heterocycles. The first-order chi connectivity index (χ1) is 6.63. The Kier molecular flexibility index (Phi) is 3.97. The predicted molar refractivity (Wildman–Crippen MR) is 62.1 cm³/mol. The van der Waals surface area contributed by atoms with Crippen LogP contribution in [0.15, 0.2) is 22.7 Å². The fourth-order valence-corrected chi connectivity index (χ4v) is 1.40. The molecule has 2 nitrogen and oxygen atoms in total. The minimum Gasteiger partial charge on any atom is -0.384 e. The molecule has 0 aromatic heterocycles. The molecule has 0 fully saturated rings. The molecule has 1 atom stereocenters. The van der Waals surface area contributed by atoms with Gasteiger partial charge in [-0.25, -0.2) is 0 Å². The van der Waals surface area contributed by atoms with Gasteiger partial charge in [0.05, 0.1) is 12.0 Å². The molecule has 1 aromatic rings. The number of anilines is 1. The number of benzene rings is 1. The van der Waals surface area contributed by atoms with Crippen LogP contribution in [0, 0.1) is 24.2 Å². The summed E-state index contributed by atoms with van der Waals surface area (Å²) in [5.41, 5.74) is 2.26. The molecule has 0 radical (unpaired) electrons. The Morgan fingerprint density at radius 1 is 1.57 bits per heavy atom. The highest BCUT2D eigenvalue weighted by molar-refractivity contribution is 9.10. The summed E-state index contributed by atoms with van der Waals surface area (Å²) in [5.74, 6) is 0.0371. The highest BCUT2D eigenvalue weighted by atomic mass is 79.9.